The van der Waals surface area contributed by atoms with Crippen LogP contribution in [0.5, 0.6) is 5.75 Å². The zero-order valence-corrected chi connectivity index (χ0v) is 22.2. The Hall–Kier alpha value is -3.67. The number of hydrogen-bond donors (Lipinski definition) is 1. The molecule has 1 saturated heterocycles. The minimum Gasteiger partial charge on any atom is -0.495 e. The number of rotatable bonds is 6. The molecule has 5 rings (SSSR count). The summed E-state index contributed by atoms with van der Waals surface area (Å²) < 4.78 is 76.2. The standard InChI is InChI=1S/C28H26F5N3O3S/c1-39-23-8-4-18(28(31,32)33)16-22(23)36-21(7-9-24(37)38)25-20(10-15-40-25)34-26(36)35-13-11-27(30,12-14-35)17-2-5-19(29)6-3-17/h2-6,8,10,15-16,21H,7,9,11-14H2,1H3,(H,37,38)/t21-/m1/s1. The molecule has 2 aliphatic heterocycles. The number of aliphatic imine (C=N–C) groups is 1. The second-order valence-corrected chi connectivity index (χ2v) is 10.7. The minimum absolute atomic E-state index is 0.0432. The number of fused-ring (bicyclic) bond motifs is 1. The number of methoxy groups -OCH3 is 1. The maximum Gasteiger partial charge on any atom is 0.416 e. The van der Waals surface area contributed by atoms with Gasteiger partial charge >= 0.3 is 12.1 Å². The molecule has 0 spiro atoms. The molecule has 3 heterocycles. The Bertz CT molecular complexity index is 1420. The Labute approximate surface area is 231 Å². The van der Waals surface area contributed by atoms with Gasteiger partial charge in [0.1, 0.15) is 17.2 Å². The number of ether oxygens (including phenoxy) is 1. The maximum atomic E-state index is 16.0. The number of aliphatic carboxylic acids is 1. The van der Waals surface area contributed by atoms with Gasteiger partial charge in [0.15, 0.2) is 0 Å². The van der Waals surface area contributed by atoms with E-state index in [0.717, 1.165) is 12.1 Å². The molecule has 12 heteroatoms. The Morgan fingerprint density at radius 1 is 1.15 bits per heavy atom. The van der Waals surface area contributed by atoms with E-state index in [0.29, 0.717) is 22.1 Å². The second kappa shape index (κ2) is 10.7. The molecule has 6 nitrogen and oxygen atoms in total. The number of alkyl halides is 4. The third-order valence-electron chi connectivity index (χ3n) is 7.32. The van der Waals surface area contributed by atoms with Crippen LogP contribution in [-0.4, -0.2) is 42.1 Å². The predicted octanol–water partition coefficient (Wildman–Crippen LogP) is 7.29. The summed E-state index contributed by atoms with van der Waals surface area (Å²) in [5, 5.41) is 11.2. The van der Waals surface area contributed by atoms with Gasteiger partial charge in [0, 0.05) is 32.4 Å². The van der Waals surface area contributed by atoms with Crippen molar-refractivity contribution in [2.45, 2.75) is 43.6 Å². The van der Waals surface area contributed by atoms with E-state index in [-0.39, 0.29) is 50.2 Å². The number of carboxylic acid groups (broad SMARTS) is 1. The molecule has 1 atom stereocenters. The molecule has 1 aromatic heterocycles. The van der Waals surface area contributed by atoms with Gasteiger partial charge < -0.3 is 19.6 Å². The van der Waals surface area contributed by atoms with Gasteiger partial charge in [0.25, 0.3) is 0 Å². The van der Waals surface area contributed by atoms with Gasteiger partial charge in [-0.1, -0.05) is 12.1 Å². The Morgan fingerprint density at radius 2 is 1.85 bits per heavy atom. The Kier molecular flexibility index (Phi) is 7.47. The van der Waals surface area contributed by atoms with Crippen molar-refractivity contribution in [3.05, 3.63) is 75.7 Å². The van der Waals surface area contributed by atoms with Crippen molar-refractivity contribution in [1.82, 2.24) is 4.90 Å². The second-order valence-electron chi connectivity index (χ2n) is 9.74. The molecule has 40 heavy (non-hydrogen) atoms. The van der Waals surface area contributed by atoms with Crippen molar-refractivity contribution in [3.63, 3.8) is 0 Å². The van der Waals surface area contributed by atoms with Gasteiger partial charge in [0.05, 0.1) is 35.0 Å². The van der Waals surface area contributed by atoms with E-state index < -0.39 is 35.2 Å². The van der Waals surface area contributed by atoms with Crippen LogP contribution < -0.4 is 9.64 Å². The Morgan fingerprint density at radius 3 is 2.48 bits per heavy atom. The van der Waals surface area contributed by atoms with E-state index >= 15 is 4.39 Å². The minimum atomic E-state index is -4.63. The topological polar surface area (TPSA) is 65.4 Å². The molecule has 1 N–H and O–H groups in total. The largest absolute Gasteiger partial charge is 0.495 e. The molecule has 212 valence electrons. The molecule has 2 aliphatic rings. The van der Waals surface area contributed by atoms with Crippen LogP contribution in [0.1, 0.15) is 47.7 Å². The zero-order chi connectivity index (χ0) is 28.7. The van der Waals surface area contributed by atoms with E-state index in [9.17, 15) is 27.5 Å². The number of nitrogens with zero attached hydrogens (tertiary/aromatic N) is 3. The van der Waals surface area contributed by atoms with Gasteiger partial charge in [-0.25, -0.2) is 13.8 Å². The molecular formula is C28H26F5N3O3S. The summed E-state index contributed by atoms with van der Waals surface area (Å²) in [7, 11) is 1.34. The molecule has 0 amide bonds. The van der Waals surface area contributed by atoms with Crippen LogP contribution in [-0.2, 0) is 16.6 Å². The van der Waals surface area contributed by atoms with Crippen molar-refractivity contribution in [2.24, 2.45) is 4.99 Å². The van der Waals surface area contributed by atoms with Crippen LogP contribution in [0.4, 0.5) is 33.3 Å². The molecule has 0 bridgehead atoms. The fraction of sp³-hybridized carbons (Fsp3) is 0.357. The first-order chi connectivity index (χ1) is 19.0. The number of hydrogen-bond acceptors (Lipinski definition) is 6. The maximum absolute atomic E-state index is 16.0. The summed E-state index contributed by atoms with van der Waals surface area (Å²) in [4.78, 5) is 20.5. The first-order valence-electron chi connectivity index (χ1n) is 12.6. The molecule has 3 aromatic rings. The average molecular weight is 580 g/mol. The quantitative estimate of drug-likeness (QED) is 0.311. The van der Waals surface area contributed by atoms with E-state index in [1.807, 2.05) is 0 Å². The number of anilines is 1. The van der Waals surface area contributed by atoms with Gasteiger partial charge in [-0.2, -0.15) is 13.2 Å². The summed E-state index contributed by atoms with van der Waals surface area (Å²) in [5.41, 5.74) is -1.58. The van der Waals surface area contributed by atoms with Gasteiger partial charge in [0.2, 0.25) is 5.96 Å². The van der Waals surface area contributed by atoms with Crippen LogP contribution in [0.2, 0.25) is 0 Å². The van der Waals surface area contributed by atoms with Gasteiger partial charge in [-0.3, -0.25) is 4.79 Å². The number of piperidine rings is 1. The molecule has 0 aliphatic carbocycles. The average Bonchev–Trinajstić information content (AvgIpc) is 3.40. The number of benzene rings is 2. The summed E-state index contributed by atoms with van der Waals surface area (Å²) in [6.45, 7) is 0.352. The highest BCUT2D eigenvalue weighted by Gasteiger charge is 2.42. The number of likely N-dealkylation sites (tertiary alicyclic amines) is 1. The predicted molar refractivity (Wildman–Crippen MR) is 141 cm³/mol. The third-order valence-corrected chi connectivity index (χ3v) is 8.33. The lowest BCUT2D eigenvalue weighted by Gasteiger charge is -2.45. The highest BCUT2D eigenvalue weighted by molar-refractivity contribution is 7.10. The summed E-state index contributed by atoms with van der Waals surface area (Å²) >= 11 is 1.34. The fourth-order valence-electron chi connectivity index (χ4n) is 5.25. The molecule has 1 fully saturated rings. The molecule has 2 aromatic carbocycles. The number of carbonyl (C=O) groups is 1. The fourth-order valence-corrected chi connectivity index (χ4v) is 6.20. The first-order valence-corrected chi connectivity index (χ1v) is 13.5. The zero-order valence-electron chi connectivity index (χ0n) is 21.4. The van der Waals surface area contributed by atoms with Crippen LogP contribution >= 0.6 is 11.3 Å². The van der Waals surface area contributed by atoms with E-state index in [2.05, 4.69) is 0 Å². The summed E-state index contributed by atoms with van der Waals surface area (Å²) in [5.74, 6) is -1.06. The monoisotopic (exact) mass is 579 g/mol. The van der Waals surface area contributed by atoms with Crippen molar-refractivity contribution in [3.8, 4) is 5.75 Å². The van der Waals surface area contributed by atoms with Crippen molar-refractivity contribution < 1.29 is 36.6 Å². The van der Waals surface area contributed by atoms with Crippen LogP contribution in [0.25, 0.3) is 0 Å². The SMILES string of the molecule is COc1ccc(C(F)(F)F)cc1N1C(N2CCC(F)(c3ccc(F)cc3)CC2)=Nc2ccsc2[C@H]1CCC(=O)O. The number of halogens is 5. The third kappa shape index (κ3) is 5.36. The molecule has 0 unspecified atom stereocenters. The lowest BCUT2D eigenvalue weighted by molar-refractivity contribution is -0.138. The molecule has 0 radical (unpaired) electrons. The molecular weight excluding hydrogens is 553 g/mol. The summed E-state index contributed by atoms with van der Waals surface area (Å²) in [6.07, 6.45) is -4.68. The summed E-state index contributed by atoms with van der Waals surface area (Å²) in [6, 6.07) is 9.51. The van der Waals surface area contributed by atoms with Crippen molar-refractivity contribution >= 4 is 34.6 Å². The van der Waals surface area contributed by atoms with E-state index in [4.69, 9.17) is 9.73 Å². The number of carboxylic acids is 1. The molecule has 0 saturated carbocycles. The van der Waals surface area contributed by atoms with Crippen molar-refractivity contribution in [1.29, 1.82) is 0 Å². The van der Waals surface area contributed by atoms with Gasteiger partial charge in [-0.05, 0) is 53.8 Å². The first kappa shape index (κ1) is 27.9. The van der Waals surface area contributed by atoms with Crippen LogP contribution in [0, 0.1) is 5.82 Å². The van der Waals surface area contributed by atoms with Crippen molar-refractivity contribution in [2.75, 3.05) is 25.1 Å². The highest BCUT2D eigenvalue weighted by Crippen LogP contribution is 2.48. The number of guanidine groups is 1. The van der Waals surface area contributed by atoms with Gasteiger partial charge in [-0.15, -0.1) is 11.3 Å². The van der Waals surface area contributed by atoms with Crippen LogP contribution in [0.15, 0.2) is 58.9 Å². The Balaban J connectivity index is 1.57. The lowest BCUT2D eigenvalue weighted by atomic mass is 9.86. The smallest absolute Gasteiger partial charge is 0.416 e. The number of thiophene rings is 1. The normalized spacial score (nSPS) is 18.8. The van der Waals surface area contributed by atoms with Crippen LogP contribution in [0.3, 0.4) is 0 Å². The van der Waals surface area contributed by atoms with E-state index in [1.165, 1.54) is 48.8 Å². The van der Waals surface area contributed by atoms with E-state index in [1.54, 1.807) is 21.2 Å². The lowest BCUT2D eigenvalue weighted by Crippen LogP contribution is -2.52. The highest BCUT2D eigenvalue weighted by atomic mass is 32.1.